The average Bonchev–Trinajstić information content (AvgIpc) is 2.70. The topological polar surface area (TPSA) is 67.1 Å². The van der Waals surface area contributed by atoms with Gasteiger partial charge in [0.2, 0.25) is 5.75 Å². The molecule has 0 aliphatic rings. The first-order chi connectivity index (χ1) is 13.1. The van der Waals surface area contributed by atoms with Gasteiger partial charge < -0.3 is 23.4 Å². The van der Waals surface area contributed by atoms with E-state index in [1.807, 2.05) is 31.2 Å². The van der Waals surface area contributed by atoms with Gasteiger partial charge in [-0.1, -0.05) is 6.92 Å². The van der Waals surface area contributed by atoms with Gasteiger partial charge in [-0.25, -0.2) is 4.79 Å². The van der Waals surface area contributed by atoms with E-state index in [1.54, 1.807) is 27.4 Å². The van der Waals surface area contributed by atoms with Crippen LogP contribution in [0, 0.1) is 0 Å². The molecule has 0 atom stereocenters. The molecular weight excluding hydrogens is 348 g/mol. The Kier molecular flexibility index (Phi) is 5.54. The molecule has 2 aromatic carbocycles. The van der Waals surface area contributed by atoms with Crippen LogP contribution >= 0.6 is 0 Å². The number of hydrogen-bond donors (Lipinski definition) is 0. The van der Waals surface area contributed by atoms with Gasteiger partial charge >= 0.3 is 5.63 Å². The van der Waals surface area contributed by atoms with Crippen molar-refractivity contribution in [3.8, 4) is 23.0 Å². The van der Waals surface area contributed by atoms with Crippen molar-refractivity contribution in [2.24, 2.45) is 0 Å². The van der Waals surface area contributed by atoms with Crippen molar-refractivity contribution < 1.29 is 23.4 Å². The van der Waals surface area contributed by atoms with Gasteiger partial charge in [0.25, 0.3) is 0 Å². The molecule has 1 heterocycles. The van der Waals surface area contributed by atoms with Gasteiger partial charge in [0.05, 0.1) is 21.3 Å². The van der Waals surface area contributed by atoms with E-state index in [-0.39, 0.29) is 5.63 Å². The summed E-state index contributed by atoms with van der Waals surface area (Å²) in [5, 5.41) is 0.914. The van der Waals surface area contributed by atoms with Crippen LogP contribution in [0.5, 0.6) is 23.0 Å². The Hall–Kier alpha value is -3.15. The first-order valence-corrected chi connectivity index (χ1v) is 8.58. The monoisotopic (exact) mass is 370 g/mol. The SMILES string of the molecule is CCc1cc(=O)oc2cc(OCc3cc(OC)c(OC)c(OC)c3)ccc12. The minimum atomic E-state index is -0.360. The fourth-order valence-corrected chi connectivity index (χ4v) is 2.98. The molecule has 0 spiro atoms. The van der Waals surface area contributed by atoms with Crippen LogP contribution < -0.4 is 24.6 Å². The zero-order valence-corrected chi connectivity index (χ0v) is 15.8. The lowest BCUT2D eigenvalue weighted by atomic mass is 10.1. The second-order valence-corrected chi connectivity index (χ2v) is 5.92. The summed E-state index contributed by atoms with van der Waals surface area (Å²) in [4.78, 5) is 11.7. The fraction of sp³-hybridized carbons (Fsp3) is 0.286. The number of methoxy groups -OCH3 is 3. The van der Waals surface area contributed by atoms with Crippen molar-refractivity contribution in [3.05, 3.63) is 57.9 Å². The third kappa shape index (κ3) is 3.84. The van der Waals surface area contributed by atoms with Crippen LogP contribution in [-0.4, -0.2) is 21.3 Å². The second kappa shape index (κ2) is 8.03. The lowest BCUT2D eigenvalue weighted by Crippen LogP contribution is -2.01. The van der Waals surface area contributed by atoms with Crippen LogP contribution in [0.25, 0.3) is 11.0 Å². The summed E-state index contributed by atoms with van der Waals surface area (Å²) in [6, 6.07) is 10.7. The van der Waals surface area contributed by atoms with Gasteiger partial charge in [-0.05, 0) is 41.8 Å². The van der Waals surface area contributed by atoms with E-state index in [0.717, 1.165) is 22.9 Å². The summed E-state index contributed by atoms with van der Waals surface area (Å²) in [6.07, 6.45) is 0.758. The minimum Gasteiger partial charge on any atom is -0.493 e. The van der Waals surface area contributed by atoms with Crippen LogP contribution in [0.1, 0.15) is 18.1 Å². The third-order valence-electron chi connectivity index (χ3n) is 4.31. The molecule has 0 aliphatic carbocycles. The van der Waals surface area contributed by atoms with Gasteiger partial charge in [0, 0.05) is 17.5 Å². The summed E-state index contributed by atoms with van der Waals surface area (Å²) in [7, 11) is 4.70. The minimum absolute atomic E-state index is 0.292. The number of ether oxygens (including phenoxy) is 4. The van der Waals surface area contributed by atoms with Gasteiger partial charge in [0.15, 0.2) is 11.5 Å². The molecule has 0 saturated carbocycles. The quantitative estimate of drug-likeness (QED) is 0.587. The van der Waals surface area contributed by atoms with E-state index in [9.17, 15) is 4.79 Å². The highest BCUT2D eigenvalue weighted by Gasteiger charge is 2.13. The Labute approximate surface area is 157 Å². The number of benzene rings is 2. The lowest BCUT2D eigenvalue weighted by molar-refractivity contribution is 0.298. The standard InChI is InChI=1S/C21H22O6/c1-5-14-10-20(22)27-17-11-15(6-7-16(14)17)26-12-13-8-18(23-2)21(25-4)19(9-13)24-3/h6-11H,5,12H2,1-4H3. The molecule has 0 saturated heterocycles. The van der Waals surface area contributed by atoms with Crippen molar-refractivity contribution in [2.75, 3.05) is 21.3 Å². The number of rotatable bonds is 7. The van der Waals surface area contributed by atoms with E-state index >= 15 is 0 Å². The summed E-state index contributed by atoms with van der Waals surface area (Å²) < 4.78 is 27.2. The zero-order valence-electron chi connectivity index (χ0n) is 15.8. The second-order valence-electron chi connectivity index (χ2n) is 5.92. The summed E-state index contributed by atoms with van der Waals surface area (Å²) in [6.45, 7) is 2.29. The molecule has 3 rings (SSSR count). The molecule has 6 heteroatoms. The van der Waals surface area contributed by atoms with Crippen LogP contribution in [0.3, 0.4) is 0 Å². The van der Waals surface area contributed by atoms with Gasteiger partial charge in [-0.3, -0.25) is 0 Å². The maximum absolute atomic E-state index is 11.7. The highest BCUT2D eigenvalue weighted by atomic mass is 16.5. The molecule has 6 nitrogen and oxygen atoms in total. The molecule has 0 unspecified atom stereocenters. The summed E-state index contributed by atoms with van der Waals surface area (Å²) >= 11 is 0. The Morgan fingerprint density at radius 2 is 1.63 bits per heavy atom. The van der Waals surface area contributed by atoms with Crippen LogP contribution in [-0.2, 0) is 13.0 Å². The van der Waals surface area contributed by atoms with Gasteiger partial charge in [-0.15, -0.1) is 0 Å². The molecule has 0 aliphatic heterocycles. The maximum Gasteiger partial charge on any atom is 0.336 e. The Bertz CT molecular complexity index is 980. The average molecular weight is 370 g/mol. The molecule has 0 amide bonds. The molecule has 0 fully saturated rings. The van der Waals surface area contributed by atoms with E-state index < -0.39 is 0 Å². The van der Waals surface area contributed by atoms with E-state index in [1.165, 1.54) is 6.07 Å². The number of aryl methyl sites for hydroxylation is 1. The molecule has 0 bridgehead atoms. The molecule has 0 radical (unpaired) electrons. The Morgan fingerprint density at radius 3 is 2.22 bits per heavy atom. The molecule has 142 valence electrons. The van der Waals surface area contributed by atoms with Crippen LogP contribution in [0.4, 0.5) is 0 Å². The third-order valence-corrected chi connectivity index (χ3v) is 4.31. The zero-order chi connectivity index (χ0) is 19.4. The van der Waals surface area contributed by atoms with Gasteiger partial charge in [0.1, 0.15) is 17.9 Å². The van der Waals surface area contributed by atoms with Crippen LogP contribution in [0.2, 0.25) is 0 Å². The first-order valence-electron chi connectivity index (χ1n) is 8.58. The predicted molar refractivity (Wildman–Crippen MR) is 102 cm³/mol. The van der Waals surface area contributed by atoms with E-state index in [2.05, 4.69) is 0 Å². The van der Waals surface area contributed by atoms with Crippen molar-refractivity contribution in [2.45, 2.75) is 20.0 Å². The number of fused-ring (bicyclic) bond motifs is 1. The molecule has 3 aromatic rings. The highest BCUT2D eigenvalue weighted by Crippen LogP contribution is 2.38. The normalized spacial score (nSPS) is 10.7. The fourth-order valence-electron chi connectivity index (χ4n) is 2.98. The smallest absolute Gasteiger partial charge is 0.336 e. The molecule has 1 aromatic heterocycles. The summed E-state index contributed by atoms with van der Waals surface area (Å²) in [5.74, 6) is 2.26. The lowest BCUT2D eigenvalue weighted by Gasteiger charge is -2.14. The van der Waals surface area contributed by atoms with Crippen molar-refractivity contribution in [1.82, 2.24) is 0 Å². The highest BCUT2D eigenvalue weighted by molar-refractivity contribution is 5.81. The largest absolute Gasteiger partial charge is 0.493 e. The van der Waals surface area contributed by atoms with Crippen molar-refractivity contribution >= 4 is 11.0 Å². The maximum atomic E-state index is 11.7. The van der Waals surface area contributed by atoms with Gasteiger partial charge in [-0.2, -0.15) is 0 Å². The molecular formula is C21H22O6. The van der Waals surface area contributed by atoms with E-state index in [4.69, 9.17) is 23.4 Å². The van der Waals surface area contributed by atoms with Crippen molar-refractivity contribution in [3.63, 3.8) is 0 Å². The predicted octanol–water partition coefficient (Wildman–Crippen LogP) is 3.96. The summed E-state index contributed by atoms with van der Waals surface area (Å²) in [5.41, 5.74) is 1.97. The number of hydrogen-bond acceptors (Lipinski definition) is 6. The van der Waals surface area contributed by atoms with E-state index in [0.29, 0.717) is 35.2 Å². The van der Waals surface area contributed by atoms with Crippen LogP contribution in [0.15, 0.2) is 45.6 Å². The Morgan fingerprint density at radius 1 is 0.926 bits per heavy atom. The Balaban J connectivity index is 1.87. The first kappa shape index (κ1) is 18.6. The molecule has 0 N–H and O–H groups in total. The van der Waals surface area contributed by atoms with Crippen molar-refractivity contribution in [1.29, 1.82) is 0 Å². The molecule has 27 heavy (non-hydrogen) atoms.